The molecule has 0 unspecified atom stereocenters. The monoisotopic (exact) mass is 394 g/mol. The molecule has 0 saturated heterocycles. The molecule has 29 heavy (non-hydrogen) atoms. The minimum Gasteiger partial charge on any atom is -0.497 e. The predicted molar refractivity (Wildman–Crippen MR) is 110 cm³/mol. The van der Waals surface area contributed by atoms with Gasteiger partial charge < -0.3 is 24.4 Å². The Morgan fingerprint density at radius 1 is 0.862 bits per heavy atom. The maximum absolute atomic E-state index is 11.8. The number of hydrogen-bond donors (Lipinski definition) is 2. The van der Waals surface area contributed by atoms with E-state index in [-0.39, 0.29) is 18.8 Å². The van der Waals surface area contributed by atoms with Crippen LogP contribution in [0.5, 0.6) is 17.2 Å². The first-order chi connectivity index (χ1) is 14.1. The summed E-state index contributed by atoms with van der Waals surface area (Å²) in [5, 5.41) is 19.0. The molecule has 0 aromatic heterocycles. The molecule has 3 rings (SSSR count). The standard InChI is InChI=1S/C23H22O6/c1-27-18-7-3-5-15(11-18)20-13-17(23(25)26)14-21(22(20)29-10-9-24)16-6-4-8-19(12-16)28-2/h3-8,11-14,24H,9-10H2,1-2H3,(H,25,26). The largest absolute Gasteiger partial charge is 0.497 e. The van der Waals surface area contributed by atoms with Crippen molar-refractivity contribution in [1.29, 1.82) is 0 Å². The molecule has 0 bridgehead atoms. The van der Waals surface area contributed by atoms with Crippen molar-refractivity contribution in [2.45, 2.75) is 0 Å². The van der Waals surface area contributed by atoms with Crippen molar-refractivity contribution >= 4 is 5.97 Å². The van der Waals surface area contributed by atoms with E-state index in [9.17, 15) is 15.0 Å². The lowest BCUT2D eigenvalue weighted by Crippen LogP contribution is -2.06. The Balaban J connectivity index is 2.30. The number of methoxy groups -OCH3 is 2. The number of benzene rings is 3. The molecule has 6 nitrogen and oxygen atoms in total. The van der Waals surface area contributed by atoms with E-state index >= 15 is 0 Å². The summed E-state index contributed by atoms with van der Waals surface area (Å²) < 4.78 is 16.5. The van der Waals surface area contributed by atoms with Crippen molar-refractivity contribution in [3.8, 4) is 39.5 Å². The molecule has 0 saturated carbocycles. The smallest absolute Gasteiger partial charge is 0.335 e. The van der Waals surface area contributed by atoms with Crippen LogP contribution in [0.15, 0.2) is 60.7 Å². The molecule has 0 aliphatic rings. The maximum Gasteiger partial charge on any atom is 0.335 e. The van der Waals surface area contributed by atoms with Gasteiger partial charge in [-0.25, -0.2) is 4.79 Å². The van der Waals surface area contributed by atoms with Gasteiger partial charge >= 0.3 is 5.97 Å². The van der Waals surface area contributed by atoms with Crippen molar-refractivity contribution < 1.29 is 29.2 Å². The third-order valence-electron chi connectivity index (χ3n) is 4.44. The van der Waals surface area contributed by atoms with Gasteiger partial charge in [0.25, 0.3) is 0 Å². The van der Waals surface area contributed by atoms with Gasteiger partial charge in [-0.2, -0.15) is 0 Å². The number of aliphatic hydroxyl groups excluding tert-OH is 1. The van der Waals surface area contributed by atoms with Crippen LogP contribution in [0.2, 0.25) is 0 Å². The van der Waals surface area contributed by atoms with Crippen molar-refractivity contribution in [3.05, 3.63) is 66.2 Å². The van der Waals surface area contributed by atoms with Crippen molar-refractivity contribution in [2.24, 2.45) is 0 Å². The summed E-state index contributed by atoms with van der Waals surface area (Å²) in [6.07, 6.45) is 0. The van der Waals surface area contributed by atoms with E-state index in [2.05, 4.69) is 0 Å². The minimum atomic E-state index is -1.05. The van der Waals surface area contributed by atoms with Crippen LogP contribution in [0.3, 0.4) is 0 Å². The van der Waals surface area contributed by atoms with Crippen LogP contribution in [0.1, 0.15) is 10.4 Å². The van der Waals surface area contributed by atoms with Crippen LogP contribution in [0.25, 0.3) is 22.3 Å². The van der Waals surface area contributed by atoms with Crippen LogP contribution in [0, 0.1) is 0 Å². The number of aliphatic hydroxyl groups is 1. The van der Waals surface area contributed by atoms with Crippen LogP contribution < -0.4 is 14.2 Å². The molecule has 0 radical (unpaired) electrons. The molecule has 0 fully saturated rings. The van der Waals surface area contributed by atoms with E-state index in [4.69, 9.17) is 14.2 Å². The van der Waals surface area contributed by atoms with E-state index in [1.165, 1.54) is 0 Å². The molecule has 3 aromatic rings. The highest BCUT2D eigenvalue weighted by Crippen LogP contribution is 2.42. The normalized spacial score (nSPS) is 10.4. The van der Waals surface area contributed by atoms with Gasteiger partial charge in [-0.15, -0.1) is 0 Å². The number of carboxylic acids is 1. The summed E-state index contributed by atoms with van der Waals surface area (Å²) >= 11 is 0. The van der Waals surface area contributed by atoms with Crippen LogP contribution in [0.4, 0.5) is 0 Å². The fourth-order valence-electron chi connectivity index (χ4n) is 3.07. The highest BCUT2D eigenvalue weighted by molar-refractivity contribution is 5.95. The van der Waals surface area contributed by atoms with E-state index < -0.39 is 5.97 Å². The number of aromatic carboxylic acids is 1. The Morgan fingerprint density at radius 2 is 1.38 bits per heavy atom. The molecule has 0 spiro atoms. The number of carboxylic acid groups (broad SMARTS) is 1. The lowest BCUT2D eigenvalue weighted by molar-refractivity contribution is 0.0697. The van der Waals surface area contributed by atoms with Gasteiger partial charge in [-0.05, 0) is 47.5 Å². The first kappa shape index (κ1) is 20.2. The molecular formula is C23H22O6. The van der Waals surface area contributed by atoms with E-state index in [0.29, 0.717) is 28.4 Å². The molecular weight excluding hydrogens is 372 g/mol. The van der Waals surface area contributed by atoms with Gasteiger partial charge in [0.15, 0.2) is 0 Å². The van der Waals surface area contributed by atoms with Crippen molar-refractivity contribution in [3.63, 3.8) is 0 Å². The average molecular weight is 394 g/mol. The molecule has 0 atom stereocenters. The molecule has 3 aromatic carbocycles. The van der Waals surface area contributed by atoms with Crippen LogP contribution >= 0.6 is 0 Å². The second-order valence-electron chi connectivity index (χ2n) is 6.24. The lowest BCUT2D eigenvalue weighted by atomic mass is 9.94. The zero-order chi connectivity index (χ0) is 20.8. The van der Waals surface area contributed by atoms with Gasteiger partial charge in [0.2, 0.25) is 0 Å². The van der Waals surface area contributed by atoms with Crippen LogP contribution in [-0.4, -0.2) is 43.6 Å². The summed E-state index contributed by atoms with van der Waals surface area (Å²) in [5.41, 5.74) is 2.79. The van der Waals surface area contributed by atoms with Gasteiger partial charge in [-0.3, -0.25) is 0 Å². The molecule has 2 N–H and O–H groups in total. The fourth-order valence-corrected chi connectivity index (χ4v) is 3.07. The topological polar surface area (TPSA) is 85.2 Å². The summed E-state index contributed by atoms with van der Waals surface area (Å²) in [6, 6.07) is 17.7. The second kappa shape index (κ2) is 9.12. The summed E-state index contributed by atoms with van der Waals surface area (Å²) in [7, 11) is 3.13. The van der Waals surface area contributed by atoms with Gasteiger partial charge in [-0.1, -0.05) is 24.3 Å². The van der Waals surface area contributed by atoms with Crippen molar-refractivity contribution in [2.75, 3.05) is 27.4 Å². The fraction of sp³-hybridized carbons (Fsp3) is 0.174. The first-order valence-corrected chi connectivity index (χ1v) is 9.01. The third kappa shape index (κ3) is 4.50. The number of rotatable bonds is 8. The summed E-state index contributed by atoms with van der Waals surface area (Å²) in [4.78, 5) is 11.8. The first-order valence-electron chi connectivity index (χ1n) is 9.01. The SMILES string of the molecule is COc1cccc(-c2cc(C(=O)O)cc(-c3cccc(OC)c3)c2OCCO)c1. The Bertz CT molecular complexity index is 943. The van der Waals surface area contributed by atoms with Gasteiger partial charge in [0.05, 0.1) is 26.4 Å². The van der Waals surface area contributed by atoms with Gasteiger partial charge in [0.1, 0.15) is 23.9 Å². The molecule has 6 heteroatoms. The van der Waals surface area contributed by atoms with E-state index in [0.717, 1.165) is 11.1 Å². The summed E-state index contributed by atoms with van der Waals surface area (Å²) in [6.45, 7) is -0.101. The second-order valence-corrected chi connectivity index (χ2v) is 6.24. The lowest BCUT2D eigenvalue weighted by Gasteiger charge is -2.18. The van der Waals surface area contributed by atoms with Gasteiger partial charge in [0, 0.05) is 11.1 Å². The van der Waals surface area contributed by atoms with E-state index in [1.54, 1.807) is 26.4 Å². The van der Waals surface area contributed by atoms with E-state index in [1.807, 2.05) is 48.5 Å². The Hall–Kier alpha value is -3.51. The third-order valence-corrected chi connectivity index (χ3v) is 4.44. The molecule has 0 heterocycles. The average Bonchev–Trinajstić information content (AvgIpc) is 2.77. The Kier molecular flexibility index (Phi) is 6.36. The quantitative estimate of drug-likeness (QED) is 0.598. The highest BCUT2D eigenvalue weighted by Gasteiger charge is 2.19. The zero-order valence-electron chi connectivity index (χ0n) is 16.2. The molecule has 0 aliphatic heterocycles. The molecule has 0 amide bonds. The number of hydrogen-bond acceptors (Lipinski definition) is 5. The zero-order valence-corrected chi connectivity index (χ0v) is 16.2. The maximum atomic E-state index is 11.8. The molecule has 150 valence electrons. The Morgan fingerprint density at radius 3 is 1.79 bits per heavy atom. The summed E-state index contributed by atoms with van der Waals surface area (Å²) in [5.74, 6) is 0.705. The molecule has 0 aliphatic carbocycles. The number of ether oxygens (including phenoxy) is 3. The number of carbonyl (C=O) groups is 1. The van der Waals surface area contributed by atoms with Crippen LogP contribution in [-0.2, 0) is 0 Å². The Labute approximate surface area is 168 Å². The highest BCUT2D eigenvalue weighted by atomic mass is 16.5. The minimum absolute atomic E-state index is 0.0698. The van der Waals surface area contributed by atoms with Crippen molar-refractivity contribution in [1.82, 2.24) is 0 Å². The predicted octanol–water partition coefficient (Wildman–Crippen LogP) is 4.11.